The number of hydrogen-bond donors (Lipinski definition) is 1. The van der Waals surface area contributed by atoms with Gasteiger partial charge in [-0.25, -0.2) is 18.2 Å². The van der Waals surface area contributed by atoms with Gasteiger partial charge in [-0.1, -0.05) is 19.1 Å². The quantitative estimate of drug-likeness (QED) is 0.520. The minimum absolute atomic E-state index is 0.0331. The van der Waals surface area contributed by atoms with E-state index in [2.05, 4.69) is 5.10 Å². The van der Waals surface area contributed by atoms with Gasteiger partial charge < -0.3 is 4.74 Å². The molecule has 0 fully saturated rings. The number of aromatic nitrogens is 2. The topological polar surface area (TPSA) is 104 Å². The third-order valence-corrected chi connectivity index (χ3v) is 6.68. The van der Waals surface area contributed by atoms with Crippen LogP contribution in [0.4, 0.5) is 13.2 Å². The molecular formula is C23H22F3N3O4S. The highest BCUT2D eigenvalue weighted by Crippen LogP contribution is 2.35. The van der Waals surface area contributed by atoms with Crippen molar-refractivity contribution in [3.8, 4) is 16.9 Å². The summed E-state index contributed by atoms with van der Waals surface area (Å²) >= 11 is 0. The van der Waals surface area contributed by atoms with Gasteiger partial charge >= 0.3 is 12.1 Å². The summed E-state index contributed by atoms with van der Waals surface area (Å²) in [4.78, 5) is 11.3. The van der Waals surface area contributed by atoms with Crippen molar-refractivity contribution in [3.05, 3.63) is 64.8 Å². The molecule has 34 heavy (non-hydrogen) atoms. The molecule has 0 spiro atoms. The average molecular weight is 494 g/mol. The van der Waals surface area contributed by atoms with Gasteiger partial charge in [0.1, 0.15) is 6.61 Å². The Hall–Kier alpha value is -3.18. The standard InChI is InChI=1S/C23H22F3N3O4S/c1-2-22(30)33-13-17-11-18(8-9-20(17)34(27,31)32)29-19(12-21(28-29)23(24,25)26)16-7-6-14-4-3-5-15(14)10-16/h6-12H,2-5,13H2,1H3,(H2,27,31,32). The van der Waals surface area contributed by atoms with Crippen LogP contribution in [0.1, 0.15) is 42.1 Å². The minimum Gasteiger partial charge on any atom is -0.461 e. The Bertz CT molecular complexity index is 1360. The summed E-state index contributed by atoms with van der Waals surface area (Å²) in [6.45, 7) is 1.17. The van der Waals surface area contributed by atoms with Crippen LogP contribution in [0, 0.1) is 0 Å². The number of benzene rings is 2. The molecule has 1 aliphatic carbocycles. The van der Waals surface area contributed by atoms with E-state index in [0.717, 1.165) is 35.6 Å². The van der Waals surface area contributed by atoms with E-state index >= 15 is 0 Å². The maximum Gasteiger partial charge on any atom is 0.435 e. The van der Waals surface area contributed by atoms with Crippen LogP contribution in [-0.4, -0.2) is 24.2 Å². The molecule has 0 aliphatic heterocycles. The van der Waals surface area contributed by atoms with E-state index in [1.807, 2.05) is 12.1 Å². The van der Waals surface area contributed by atoms with E-state index in [-0.39, 0.29) is 28.3 Å². The number of fused-ring (bicyclic) bond motifs is 1. The number of ether oxygens (including phenoxy) is 1. The second-order valence-electron chi connectivity index (χ2n) is 8.01. The summed E-state index contributed by atoms with van der Waals surface area (Å²) in [7, 11) is -4.18. The Balaban J connectivity index is 1.86. The number of hydrogen-bond acceptors (Lipinski definition) is 5. The fraction of sp³-hybridized carbons (Fsp3) is 0.304. The fourth-order valence-electron chi connectivity index (χ4n) is 4.00. The molecule has 180 valence electrons. The van der Waals surface area contributed by atoms with Gasteiger partial charge in [0.15, 0.2) is 5.69 Å². The zero-order valence-corrected chi connectivity index (χ0v) is 19.0. The molecule has 0 bridgehead atoms. The summed E-state index contributed by atoms with van der Waals surface area (Å²) < 4.78 is 70.9. The number of sulfonamides is 1. The molecule has 0 saturated carbocycles. The molecule has 4 rings (SSSR count). The Morgan fingerprint density at radius 1 is 1.12 bits per heavy atom. The molecule has 0 unspecified atom stereocenters. The Morgan fingerprint density at radius 2 is 1.85 bits per heavy atom. The van der Waals surface area contributed by atoms with Crippen LogP contribution in [0.5, 0.6) is 0 Å². The summed E-state index contributed by atoms with van der Waals surface area (Å²) in [6, 6.07) is 10.3. The van der Waals surface area contributed by atoms with Crippen LogP contribution in [0.15, 0.2) is 47.4 Å². The van der Waals surface area contributed by atoms with Gasteiger partial charge in [0.05, 0.1) is 16.3 Å². The number of carbonyl (C=O) groups excluding carboxylic acids is 1. The summed E-state index contributed by atoms with van der Waals surface area (Å²) in [6.07, 6.45) is -1.85. The summed E-state index contributed by atoms with van der Waals surface area (Å²) in [5.41, 5.74) is 2.11. The number of aryl methyl sites for hydroxylation is 2. The molecule has 3 aromatic rings. The van der Waals surface area contributed by atoms with Gasteiger partial charge in [-0.2, -0.15) is 18.3 Å². The third-order valence-electron chi connectivity index (χ3n) is 5.67. The average Bonchev–Trinajstić information content (AvgIpc) is 3.43. The molecule has 2 aromatic carbocycles. The van der Waals surface area contributed by atoms with Gasteiger partial charge in [-0.3, -0.25) is 4.79 Å². The summed E-state index contributed by atoms with van der Waals surface area (Å²) in [5.74, 6) is -0.567. The van der Waals surface area contributed by atoms with Crippen LogP contribution in [-0.2, 0) is 45.2 Å². The van der Waals surface area contributed by atoms with Crippen molar-refractivity contribution in [1.82, 2.24) is 9.78 Å². The highest BCUT2D eigenvalue weighted by molar-refractivity contribution is 7.89. The SMILES string of the molecule is CCC(=O)OCc1cc(-n2nc(C(F)(F)F)cc2-c2ccc3c(c2)CCC3)ccc1S(N)(=O)=O. The number of primary sulfonamides is 1. The normalized spacial score (nSPS) is 13.7. The van der Waals surface area contributed by atoms with Crippen molar-refractivity contribution in [2.24, 2.45) is 5.14 Å². The Kier molecular flexibility index (Phi) is 6.26. The first-order chi connectivity index (χ1) is 16.0. The van der Waals surface area contributed by atoms with Gasteiger partial charge in [0.25, 0.3) is 0 Å². The first-order valence-corrected chi connectivity index (χ1v) is 12.1. The van der Waals surface area contributed by atoms with Crippen LogP contribution in [0.3, 0.4) is 0 Å². The lowest BCUT2D eigenvalue weighted by Crippen LogP contribution is -2.16. The number of esters is 1. The second-order valence-corrected chi connectivity index (χ2v) is 9.54. The number of carbonyl (C=O) groups is 1. The molecule has 0 radical (unpaired) electrons. The van der Waals surface area contributed by atoms with Crippen LogP contribution in [0.2, 0.25) is 0 Å². The molecular weight excluding hydrogens is 471 g/mol. The Morgan fingerprint density at radius 3 is 2.53 bits per heavy atom. The van der Waals surface area contributed by atoms with Crippen LogP contribution >= 0.6 is 0 Å². The molecule has 0 atom stereocenters. The Labute approximate surface area is 194 Å². The van der Waals surface area contributed by atoms with Crippen molar-refractivity contribution < 1.29 is 31.1 Å². The predicted octanol–water partition coefficient (Wildman–Crippen LogP) is 4.15. The molecule has 0 amide bonds. The number of rotatable bonds is 6. The number of alkyl halides is 3. The highest BCUT2D eigenvalue weighted by atomic mass is 32.2. The minimum atomic E-state index is -4.68. The molecule has 1 aliphatic rings. The lowest BCUT2D eigenvalue weighted by molar-refractivity contribution is -0.144. The maximum atomic E-state index is 13.6. The van der Waals surface area contributed by atoms with E-state index < -0.39 is 34.5 Å². The lowest BCUT2D eigenvalue weighted by Gasteiger charge is -2.13. The molecule has 7 nitrogen and oxygen atoms in total. The van der Waals surface area contributed by atoms with Crippen LogP contribution in [0.25, 0.3) is 16.9 Å². The van der Waals surface area contributed by atoms with E-state index in [1.54, 1.807) is 13.0 Å². The van der Waals surface area contributed by atoms with Crippen molar-refractivity contribution in [3.63, 3.8) is 0 Å². The monoisotopic (exact) mass is 493 g/mol. The van der Waals surface area contributed by atoms with Crippen LogP contribution < -0.4 is 5.14 Å². The van der Waals surface area contributed by atoms with Crippen molar-refractivity contribution in [1.29, 1.82) is 0 Å². The van der Waals surface area contributed by atoms with Crippen molar-refractivity contribution in [2.45, 2.75) is 50.3 Å². The number of nitrogens with two attached hydrogens (primary N) is 1. The molecule has 1 aromatic heterocycles. The molecule has 1 heterocycles. The third kappa shape index (κ3) is 4.85. The fourth-order valence-corrected chi connectivity index (χ4v) is 4.74. The molecule has 0 saturated heterocycles. The lowest BCUT2D eigenvalue weighted by atomic mass is 10.0. The van der Waals surface area contributed by atoms with Crippen molar-refractivity contribution in [2.75, 3.05) is 0 Å². The van der Waals surface area contributed by atoms with E-state index in [0.29, 0.717) is 5.56 Å². The highest BCUT2D eigenvalue weighted by Gasteiger charge is 2.35. The summed E-state index contributed by atoms with van der Waals surface area (Å²) in [5, 5.41) is 9.05. The van der Waals surface area contributed by atoms with Crippen molar-refractivity contribution >= 4 is 16.0 Å². The molecule has 11 heteroatoms. The van der Waals surface area contributed by atoms with E-state index in [4.69, 9.17) is 9.88 Å². The maximum absolute atomic E-state index is 13.6. The smallest absolute Gasteiger partial charge is 0.435 e. The van der Waals surface area contributed by atoms with Gasteiger partial charge in [0.2, 0.25) is 10.0 Å². The zero-order valence-electron chi connectivity index (χ0n) is 18.2. The van der Waals surface area contributed by atoms with Gasteiger partial charge in [-0.05, 0) is 60.7 Å². The first kappa shape index (κ1) is 24.0. The van der Waals surface area contributed by atoms with Gasteiger partial charge in [-0.15, -0.1) is 0 Å². The van der Waals surface area contributed by atoms with E-state index in [1.165, 1.54) is 23.8 Å². The number of nitrogens with zero attached hydrogens (tertiary/aromatic N) is 2. The molecule has 2 N–H and O–H groups in total. The van der Waals surface area contributed by atoms with E-state index in [9.17, 15) is 26.4 Å². The largest absolute Gasteiger partial charge is 0.461 e. The zero-order chi connectivity index (χ0) is 24.7. The predicted molar refractivity (Wildman–Crippen MR) is 117 cm³/mol. The first-order valence-electron chi connectivity index (χ1n) is 10.6. The number of halogens is 3. The van der Waals surface area contributed by atoms with Gasteiger partial charge in [0, 0.05) is 17.5 Å². The second kappa shape index (κ2) is 8.88.